The molecule has 1 rings (SSSR count). The van der Waals surface area contributed by atoms with Crippen molar-refractivity contribution < 1.29 is 14.0 Å². The van der Waals surface area contributed by atoms with Gasteiger partial charge >= 0.3 is 7.32 Å². The highest BCUT2D eigenvalue weighted by molar-refractivity contribution is 6.36. The van der Waals surface area contributed by atoms with Gasteiger partial charge in [0.15, 0.2) is 0 Å². The topological polar surface area (TPSA) is 27.7 Å². The van der Waals surface area contributed by atoms with Gasteiger partial charge in [-0.05, 0) is 6.42 Å². The van der Waals surface area contributed by atoms with Crippen LogP contribution in [0.1, 0.15) is 33.6 Å². The molecule has 0 spiro atoms. The molecule has 0 radical (unpaired) electrons. The maximum Gasteiger partial charge on any atom is 0.639 e. The van der Waals surface area contributed by atoms with E-state index in [1.807, 2.05) is 0 Å². The van der Waals surface area contributed by atoms with Gasteiger partial charge in [-0.1, -0.05) is 27.2 Å². The van der Waals surface area contributed by atoms with E-state index in [4.69, 9.17) is 14.0 Å². The van der Waals surface area contributed by atoms with Gasteiger partial charge in [0.2, 0.25) is 0 Å². The summed E-state index contributed by atoms with van der Waals surface area (Å²) in [5.41, 5.74) is 0.130. The van der Waals surface area contributed by atoms with Crippen molar-refractivity contribution in [1.29, 1.82) is 0 Å². The van der Waals surface area contributed by atoms with Crippen LogP contribution in [0.15, 0.2) is 0 Å². The molecular weight excluding hydrogens is 167 g/mol. The van der Waals surface area contributed by atoms with Crippen LogP contribution >= 0.6 is 0 Å². The van der Waals surface area contributed by atoms with E-state index >= 15 is 0 Å². The first-order valence-corrected chi connectivity index (χ1v) is 4.99. The fourth-order valence-electron chi connectivity index (χ4n) is 1.10. The second-order valence-electron chi connectivity index (χ2n) is 4.30. The first-order chi connectivity index (χ1) is 6.14. The van der Waals surface area contributed by atoms with Crippen molar-refractivity contribution in [3.05, 3.63) is 0 Å². The molecule has 0 N–H and O–H groups in total. The number of rotatable bonds is 4. The second-order valence-corrected chi connectivity index (χ2v) is 4.30. The van der Waals surface area contributed by atoms with Gasteiger partial charge in [0.05, 0.1) is 0 Å². The monoisotopic (exact) mass is 186 g/mol. The zero-order valence-corrected chi connectivity index (χ0v) is 8.84. The zero-order valence-electron chi connectivity index (χ0n) is 8.84. The van der Waals surface area contributed by atoms with E-state index < -0.39 is 7.32 Å². The second kappa shape index (κ2) is 4.98. The van der Waals surface area contributed by atoms with E-state index in [9.17, 15) is 0 Å². The van der Waals surface area contributed by atoms with Crippen molar-refractivity contribution in [2.75, 3.05) is 19.8 Å². The smallest absolute Gasteiger partial charge is 0.386 e. The number of hydrogen-bond acceptors (Lipinski definition) is 3. The molecule has 0 bridgehead atoms. The van der Waals surface area contributed by atoms with Gasteiger partial charge in [-0.15, -0.1) is 0 Å². The highest BCUT2D eigenvalue weighted by Crippen LogP contribution is 2.21. The summed E-state index contributed by atoms with van der Waals surface area (Å²) in [5.74, 6) is 0. The van der Waals surface area contributed by atoms with Crippen molar-refractivity contribution in [1.82, 2.24) is 0 Å². The summed E-state index contributed by atoms with van der Waals surface area (Å²) in [6.07, 6.45) is 2.20. The van der Waals surface area contributed by atoms with E-state index in [1.165, 1.54) is 0 Å². The van der Waals surface area contributed by atoms with E-state index in [0.717, 1.165) is 19.4 Å². The third-order valence-electron chi connectivity index (χ3n) is 1.97. The Labute approximate surface area is 80.9 Å². The Morgan fingerprint density at radius 3 is 2.46 bits per heavy atom. The molecule has 1 aliphatic rings. The largest absolute Gasteiger partial charge is 0.639 e. The van der Waals surface area contributed by atoms with Crippen LogP contribution in [0.2, 0.25) is 0 Å². The molecule has 0 saturated carbocycles. The molecule has 0 atom stereocenters. The predicted molar refractivity (Wildman–Crippen MR) is 52.3 cm³/mol. The maximum absolute atomic E-state index is 5.40. The molecule has 1 aliphatic heterocycles. The molecule has 0 aliphatic carbocycles. The Kier molecular flexibility index (Phi) is 4.23. The van der Waals surface area contributed by atoms with E-state index in [-0.39, 0.29) is 5.41 Å². The van der Waals surface area contributed by atoms with Gasteiger partial charge in [-0.25, -0.2) is 0 Å². The minimum atomic E-state index is -0.431. The van der Waals surface area contributed by atoms with Gasteiger partial charge in [0.1, 0.15) is 0 Å². The standard InChI is InChI=1S/C9H19BO3/c1-4-5-6-11-10-12-7-9(2,3)8-13-10/h4-8H2,1-3H3. The minimum Gasteiger partial charge on any atom is -0.386 e. The molecule has 1 heterocycles. The SMILES string of the molecule is CCCCOB1OCC(C)(C)CO1. The summed E-state index contributed by atoms with van der Waals surface area (Å²) in [7, 11) is -0.431. The van der Waals surface area contributed by atoms with Crippen molar-refractivity contribution in [2.45, 2.75) is 33.6 Å². The Morgan fingerprint density at radius 2 is 1.92 bits per heavy atom. The third kappa shape index (κ3) is 4.11. The van der Waals surface area contributed by atoms with Crippen LogP contribution in [-0.2, 0) is 14.0 Å². The molecule has 0 aromatic heterocycles. The molecule has 1 saturated heterocycles. The van der Waals surface area contributed by atoms with Gasteiger partial charge < -0.3 is 14.0 Å². The lowest BCUT2D eigenvalue weighted by Gasteiger charge is -2.32. The van der Waals surface area contributed by atoms with E-state index in [0.29, 0.717) is 13.2 Å². The van der Waals surface area contributed by atoms with Crippen LogP contribution in [0, 0.1) is 5.41 Å². The summed E-state index contributed by atoms with van der Waals surface area (Å²) in [6, 6.07) is 0. The lowest BCUT2D eigenvalue weighted by molar-refractivity contribution is -0.0190. The average Bonchev–Trinajstić information content (AvgIpc) is 2.08. The number of unbranched alkanes of at least 4 members (excludes halogenated alkanes) is 1. The first kappa shape index (κ1) is 11.0. The summed E-state index contributed by atoms with van der Waals surface area (Å²) in [4.78, 5) is 0. The predicted octanol–water partition coefficient (Wildman–Crippen LogP) is 1.86. The summed E-state index contributed by atoms with van der Waals surface area (Å²) in [6.45, 7) is 8.52. The third-order valence-corrected chi connectivity index (χ3v) is 1.97. The molecule has 3 nitrogen and oxygen atoms in total. The fourth-order valence-corrected chi connectivity index (χ4v) is 1.10. The number of hydrogen-bond donors (Lipinski definition) is 0. The highest BCUT2D eigenvalue weighted by Gasteiger charge is 2.33. The summed E-state index contributed by atoms with van der Waals surface area (Å²) >= 11 is 0. The van der Waals surface area contributed by atoms with Gasteiger partial charge in [0, 0.05) is 25.2 Å². The zero-order chi connectivity index (χ0) is 9.73. The summed E-state index contributed by atoms with van der Waals surface area (Å²) in [5, 5.41) is 0. The molecule has 13 heavy (non-hydrogen) atoms. The molecule has 1 fully saturated rings. The molecule has 0 aromatic rings. The Morgan fingerprint density at radius 1 is 1.31 bits per heavy atom. The molecule has 0 unspecified atom stereocenters. The average molecular weight is 186 g/mol. The van der Waals surface area contributed by atoms with Crippen LogP contribution in [-0.4, -0.2) is 27.1 Å². The Hall–Kier alpha value is -0.0551. The summed E-state index contributed by atoms with van der Waals surface area (Å²) < 4.78 is 16.2. The maximum atomic E-state index is 5.40. The van der Waals surface area contributed by atoms with Gasteiger partial charge in [-0.2, -0.15) is 0 Å². The molecule has 76 valence electrons. The van der Waals surface area contributed by atoms with Crippen LogP contribution in [0.4, 0.5) is 0 Å². The van der Waals surface area contributed by atoms with Crippen molar-refractivity contribution in [3.63, 3.8) is 0 Å². The van der Waals surface area contributed by atoms with E-state index in [1.54, 1.807) is 0 Å². The normalized spacial score (nSPS) is 21.9. The minimum absolute atomic E-state index is 0.130. The quantitative estimate of drug-likeness (QED) is 0.495. The molecule has 0 aromatic carbocycles. The molecule has 0 amide bonds. The highest BCUT2D eigenvalue weighted by atomic mass is 16.7. The molecule has 4 heteroatoms. The van der Waals surface area contributed by atoms with Crippen molar-refractivity contribution in [3.8, 4) is 0 Å². The first-order valence-electron chi connectivity index (χ1n) is 4.99. The van der Waals surface area contributed by atoms with Gasteiger partial charge in [-0.3, -0.25) is 0 Å². The Bertz CT molecular complexity index is 140. The Balaban J connectivity index is 2.11. The molecular formula is C9H19BO3. The van der Waals surface area contributed by atoms with Gasteiger partial charge in [0.25, 0.3) is 0 Å². The van der Waals surface area contributed by atoms with Crippen LogP contribution in [0.5, 0.6) is 0 Å². The lowest BCUT2D eigenvalue weighted by atomic mass is 9.93. The van der Waals surface area contributed by atoms with Crippen LogP contribution in [0.25, 0.3) is 0 Å². The lowest BCUT2D eigenvalue weighted by Crippen LogP contribution is -2.42. The fraction of sp³-hybridized carbons (Fsp3) is 1.00. The van der Waals surface area contributed by atoms with Crippen molar-refractivity contribution in [2.24, 2.45) is 5.41 Å². The van der Waals surface area contributed by atoms with Crippen LogP contribution < -0.4 is 0 Å². The van der Waals surface area contributed by atoms with E-state index in [2.05, 4.69) is 20.8 Å². The van der Waals surface area contributed by atoms with Crippen molar-refractivity contribution >= 4 is 7.32 Å². The van der Waals surface area contributed by atoms with Crippen LogP contribution in [0.3, 0.4) is 0 Å².